The molecule has 0 aliphatic carbocycles. The van der Waals surface area contributed by atoms with Crippen LogP contribution in [-0.2, 0) is 27.9 Å². The lowest BCUT2D eigenvalue weighted by Gasteiger charge is -2.27. The molecule has 0 aromatic carbocycles. The Balaban J connectivity index is 5.12. The largest absolute Gasteiger partial charge is 0.472 e. The zero-order chi connectivity index (χ0) is 60.7. The quantitative estimate of drug-likeness (QED) is 0.0205. The van der Waals surface area contributed by atoms with Gasteiger partial charge >= 0.3 is 13.8 Å². The zero-order valence-electron chi connectivity index (χ0n) is 54.4. The van der Waals surface area contributed by atoms with Crippen molar-refractivity contribution in [2.75, 3.05) is 40.9 Å². The van der Waals surface area contributed by atoms with Crippen LogP contribution < -0.4 is 5.32 Å². The van der Waals surface area contributed by atoms with Gasteiger partial charge in [-0.3, -0.25) is 18.6 Å². The van der Waals surface area contributed by atoms with E-state index in [1.807, 2.05) is 33.3 Å². The fourth-order valence-electron chi connectivity index (χ4n) is 9.19. The number of phosphoric ester groups is 1. The Hall–Kier alpha value is -3.59. The second-order valence-electron chi connectivity index (χ2n) is 23.6. The van der Waals surface area contributed by atoms with Crippen LogP contribution in [0, 0.1) is 0 Å². The highest BCUT2D eigenvalue weighted by Crippen LogP contribution is 2.43. The van der Waals surface area contributed by atoms with Crippen molar-refractivity contribution in [3.63, 3.8) is 0 Å². The number of nitrogens with one attached hydrogen (secondary N) is 1. The molecule has 3 atom stereocenters. The van der Waals surface area contributed by atoms with Crippen molar-refractivity contribution in [2.24, 2.45) is 0 Å². The Kier molecular flexibility index (Phi) is 58.8. The minimum Gasteiger partial charge on any atom is -0.456 e. The third kappa shape index (κ3) is 62.8. The first-order valence-electron chi connectivity index (χ1n) is 33.9. The van der Waals surface area contributed by atoms with Gasteiger partial charge in [-0.15, -0.1) is 0 Å². The number of hydrogen-bond acceptors (Lipinski definition) is 6. The molecule has 10 heteroatoms. The molecule has 476 valence electrons. The number of nitrogens with zero attached hydrogens (tertiary/aromatic N) is 1. The second kappa shape index (κ2) is 61.5. The van der Waals surface area contributed by atoms with Crippen LogP contribution in [0.5, 0.6) is 0 Å². The van der Waals surface area contributed by atoms with E-state index < -0.39 is 20.0 Å². The number of amides is 1. The molecule has 0 aromatic heterocycles. The van der Waals surface area contributed by atoms with Crippen LogP contribution in [0.25, 0.3) is 0 Å². The van der Waals surface area contributed by atoms with Gasteiger partial charge in [0, 0.05) is 12.8 Å². The van der Waals surface area contributed by atoms with Crippen LogP contribution in [0.2, 0.25) is 0 Å². The number of carbonyl (C=O) groups is 2. The molecule has 9 nitrogen and oxygen atoms in total. The number of unbranched alkanes of at least 4 members (excludes halogenated alkanes) is 26. The van der Waals surface area contributed by atoms with E-state index in [9.17, 15) is 19.0 Å². The number of ether oxygens (including phenoxy) is 1. The van der Waals surface area contributed by atoms with Crippen LogP contribution in [0.15, 0.2) is 122 Å². The molecule has 0 saturated heterocycles. The van der Waals surface area contributed by atoms with Gasteiger partial charge in [-0.05, 0) is 122 Å². The zero-order valence-corrected chi connectivity index (χ0v) is 55.3. The summed E-state index contributed by atoms with van der Waals surface area (Å²) in [5, 5.41) is 3.05. The SMILES string of the molecule is CC/C=C\C/C=C\C/C=C\C/C=C\C/C=C\CCCCCC(=O)OC(/C=C\CCCCCCCCCCC)C(COP(=O)(O)OCC[N+](C)(C)C)NC(=O)CCCCCCCCCCCCC/C=C\C/C=C\C/C=C\C/C=C\CCCCC. The standard InChI is InChI=1S/C73H127N2O7P/c1-7-10-13-16-19-22-25-27-29-31-33-34-35-36-37-38-39-40-42-43-45-47-50-53-56-59-62-65-72(76)74-70(69-81-83(78,79)80-68-67-75(4,5)6)71(64-61-58-55-52-49-24-21-18-15-12-9-3)82-73(77)66-63-60-57-54-51-48-46-44-41-32-30-28-26-23-20-17-14-11-8-2/h11,14,19-20,22-23,27-30,33-34,36-37,41,44,48,51,61,64,70-71H,7-10,12-13,15-18,21,24-26,31-32,35,38-40,42-43,45-47,49-50,52-60,62-63,65-69H2,1-6H3,(H-,74,76,78,79)/p+1/b14-11-,22-19-,23-20-,29-27-,30-28-,34-33-,37-36-,44-41-,51-48-,64-61-. The maximum atomic E-state index is 13.6. The first kappa shape index (κ1) is 79.4. The van der Waals surface area contributed by atoms with Crippen molar-refractivity contribution < 1.29 is 37.3 Å². The summed E-state index contributed by atoms with van der Waals surface area (Å²) >= 11 is 0. The number of phosphoric acid groups is 1. The van der Waals surface area contributed by atoms with Gasteiger partial charge in [-0.25, -0.2) is 4.57 Å². The molecule has 0 radical (unpaired) electrons. The number of carbonyl (C=O) groups excluding carboxylic acids is 2. The van der Waals surface area contributed by atoms with Crippen molar-refractivity contribution in [1.82, 2.24) is 5.32 Å². The van der Waals surface area contributed by atoms with E-state index in [1.165, 1.54) is 122 Å². The molecule has 3 unspecified atom stereocenters. The molecule has 0 aromatic rings. The highest BCUT2D eigenvalue weighted by atomic mass is 31.2. The highest BCUT2D eigenvalue weighted by Gasteiger charge is 2.30. The normalized spacial score (nSPS) is 14.3. The molecule has 0 rings (SSSR count). The molecular weight excluding hydrogens is 1050 g/mol. The van der Waals surface area contributed by atoms with Crippen LogP contribution in [0.3, 0.4) is 0 Å². The van der Waals surface area contributed by atoms with Gasteiger partial charge in [0.25, 0.3) is 0 Å². The van der Waals surface area contributed by atoms with Crippen LogP contribution in [0.4, 0.5) is 0 Å². The monoisotopic (exact) mass is 1180 g/mol. The van der Waals surface area contributed by atoms with Gasteiger partial charge in [-0.2, -0.15) is 0 Å². The maximum Gasteiger partial charge on any atom is 0.472 e. The highest BCUT2D eigenvalue weighted by molar-refractivity contribution is 7.47. The summed E-state index contributed by atoms with van der Waals surface area (Å²) in [6.45, 7) is 6.84. The number of likely N-dealkylation sites (N-methyl/N-ethyl adjacent to an activating group) is 1. The molecular formula is C73H128N2O7P+. The number of rotatable bonds is 60. The van der Waals surface area contributed by atoms with Gasteiger partial charge in [-0.1, -0.05) is 265 Å². The van der Waals surface area contributed by atoms with Crippen LogP contribution >= 0.6 is 7.82 Å². The van der Waals surface area contributed by atoms with E-state index in [1.54, 1.807) is 0 Å². The lowest BCUT2D eigenvalue weighted by Crippen LogP contribution is -2.47. The van der Waals surface area contributed by atoms with Crippen LogP contribution in [-0.4, -0.2) is 74.3 Å². The fourth-order valence-corrected chi connectivity index (χ4v) is 9.92. The molecule has 0 spiro atoms. The fraction of sp³-hybridized carbons (Fsp3) is 0.699. The molecule has 0 bridgehead atoms. The Morgan fingerprint density at radius 1 is 0.434 bits per heavy atom. The Morgan fingerprint density at radius 3 is 1.19 bits per heavy atom. The number of quaternary nitrogens is 1. The van der Waals surface area contributed by atoms with Crippen molar-refractivity contribution in [2.45, 2.75) is 290 Å². The van der Waals surface area contributed by atoms with E-state index in [2.05, 4.69) is 135 Å². The summed E-state index contributed by atoms with van der Waals surface area (Å²) in [7, 11) is 1.46. The molecule has 0 fully saturated rings. The number of hydrogen-bond donors (Lipinski definition) is 2. The predicted octanol–water partition coefficient (Wildman–Crippen LogP) is 21.4. The lowest BCUT2D eigenvalue weighted by molar-refractivity contribution is -0.870. The van der Waals surface area contributed by atoms with Crippen molar-refractivity contribution in [3.05, 3.63) is 122 Å². The Labute approximate surface area is 512 Å². The van der Waals surface area contributed by atoms with Gasteiger partial charge in [0.15, 0.2) is 0 Å². The number of allylic oxidation sites excluding steroid dienone is 19. The van der Waals surface area contributed by atoms with E-state index in [-0.39, 0.29) is 31.5 Å². The summed E-state index contributed by atoms with van der Waals surface area (Å²) in [5.74, 6) is -0.551. The first-order chi connectivity index (χ1) is 40.4. The molecule has 2 N–H and O–H groups in total. The average molecular weight is 1180 g/mol. The molecule has 1 amide bonds. The summed E-state index contributed by atoms with van der Waals surface area (Å²) in [6.07, 6.45) is 86.4. The van der Waals surface area contributed by atoms with Crippen molar-refractivity contribution in [1.29, 1.82) is 0 Å². The number of esters is 1. The smallest absolute Gasteiger partial charge is 0.456 e. The third-order valence-electron chi connectivity index (χ3n) is 14.4. The predicted molar refractivity (Wildman–Crippen MR) is 360 cm³/mol. The molecule has 0 aliphatic rings. The van der Waals surface area contributed by atoms with Crippen molar-refractivity contribution in [3.8, 4) is 0 Å². The summed E-state index contributed by atoms with van der Waals surface area (Å²) < 4.78 is 30.7. The lowest BCUT2D eigenvalue weighted by atomic mass is 10.0. The average Bonchev–Trinajstić information content (AvgIpc) is 3.51. The Morgan fingerprint density at radius 2 is 0.771 bits per heavy atom. The molecule has 0 heterocycles. The molecule has 0 saturated carbocycles. The second-order valence-corrected chi connectivity index (χ2v) is 25.1. The van der Waals surface area contributed by atoms with E-state index in [0.717, 1.165) is 116 Å². The Bertz CT molecular complexity index is 1830. The molecule has 83 heavy (non-hydrogen) atoms. The topological polar surface area (TPSA) is 111 Å². The minimum atomic E-state index is -4.47. The van der Waals surface area contributed by atoms with Gasteiger partial charge in [0.1, 0.15) is 19.3 Å². The maximum absolute atomic E-state index is 13.6. The third-order valence-corrected chi connectivity index (χ3v) is 15.4. The first-order valence-corrected chi connectivity index (χ1v) is 35.4. The van der Waals surface area contributed by atoms with Crippen LogP contribution in [0.1, 0.15) is 278 Å². The summed E-state index contributed by atoms with van der Waals surface area (Å²) in [6, 6.07) is -0.872. The summed E-state index contributed by atoms with van der Waals surface area (Å²) in [4.78, 5) is 37.8. The molecule has 0 aliphatic heterocycles. The van der Waals surface area contributed by atoms with Gasteiger partial charge in [0.05, 0.1) is 33.8 Å². The van der Waals surface area contributed by atoms with E-state index in [0.29, 0.717) is 23.9 Å². The van der Waals surface area contributed by atoms with Gasteiger partial charge in [0.2, 0.25) is 5.91 Å². The minimum absolute atomic E-state index is 0.0280. The van der Waals surface area contributed by atoms with E-state index in [4.69, 9.17) is 13.8 Å². The van der Waals surface area contributed by atoms with Gasteiger partial charge < -0.3 is 19.4 Å². The van der Waals surface area contributed by atoms with Crippen molar-refractivity contribution >= 4 is 19.7 Å². The summed E-state index contributed by atoms with van der Waals surface area (Å²) in [5.41, 5.74) is 0. The van der Waals surface area contributed by atoms with E-state index >= 15 is 0 Å².